The monoisotopic (exact) mass is 243 g/mol. The molecule has 0 spiro atoms. The number of nitrogens with one attached hydrogen (secondary N) is 2. The number of carbonyl (C=O) groups excluding carboxylic acids is 1. The molecule has 4 N–H and O–H groups in total. The van der Waals surface area contributed by atoms with E-state index in [1.165, 1.54) is 12.4 Å². The van der Waals surface area contributed by atoms with E-state index in [4.69, 9.17) is 5.84 Å². The van der Waals surface area contributed by atoms with E-state index in [0.29, 0.717) is 17.1 Å². The van der Waals surface area contributed by atoms with Crippen LogP contribution >= 0.6 is 0 Å². The fourth-order valence-corrected chi connectivity index (χ4v) is 1.43. The van der Waals surface area contributed by atoms with E-state index < -0.39 is 0 Å². The second-order valence-corrected chi connectivity index (χ2v) is 3.74. The van der Waals surface area contributed by atoms with Gasteiger partial charge in [-0.1, -0.05) is 6.07 Å². The highest BCUT2D eigenvalue weighted by atomic mass is 16.1. The lowest BCUT2D eigenvalue weighted by Gasteiger charge is -2.08. The zero-order valence-electron chi connectivity index (χ0n) is 9.84. The van der Waals surface area contributed by atoms with Gasteiger partial charge in [0.25, 0.3) is 5.91 Å². The lowest BCUT2D eigenvalue weighted by Crippen LogP contribution is -2.17. The van der Waals surface area contributed by atoms with Gasteiger partial charge in [-0.3, -0.25) is 15.6 Å². The summed E-state index contributed by atoms with van der Waals surface area (Å²) in [7, 11) is 0. The third-order valence-corrected chi connectivity index (χ3v) is 2.37. The third-order valence-electron chi connectivity index (χ3n) is 2.37. The Hall–Kier alpha value is -2.47. The Labute approximate surface area is 104 Å². The molecule has 6 heteroatoms. The lowest BCUT2D eigenvalue weighted by atomic mass is 10.2. The number of nitrogens with zero attached hydrogens (tertiary/aromatic N) is 2. The van der Waals surface area contributed by atoms with E-state index in [1.54, 1.807) is 18.3 Å². The average molecular weight is 243 g/mol. The highest BCUT2D eigenvalue weighted by Gasteiger charge is 2.11. The zero-order valence-corrected chi connectivity index (χ0v) is 9.84. The third kappa shape index (κ3) is 2.61. The Balaban J connectivity index is 2.19. The van der Waals surface area contributed by atoms with Gasteiger partial charge in [-0.15, -0.1) is 0 Å². The Bertz CT molecular complexity index is 553. The topological polar surface area (TPSA) is 92.9 Å². The van der Waals surface area contributed by atoms with Crippen molar-refractivity contribution < 1.29 is 4.79 Å². The normalized spacial score (nSPS) is 9.89. The number of anilines is 2. The molecule has 0 radical (unpaired) electrons. The molecule has 1 amide bonds. The van der Waals surface area contributed by atoms with Crippen molar-refractivity contribution in [3.8, 4) is 0 Å². The van der Waals surface area contributed by atoms with E-state index >= 15 is 0 Å². The predicted molar refractivity (Wildman–Crippen MR) is 69.0 cm³/mol. The molecule has 2 aromatic rings. The number of nitrogen functional groups attached to an aromatic ring is 1. The van der Waals surface area contributed by atoms with Gasteiger partial charge in [0.1, 0.15) is 5.82 Å². The molecule has 92 valence electrons. The molecule has 2 heterocycles. The number of hydrogen-bond acceptors (Lipinski definition) is 5. The summed E-state index contributed by atoms with van der Waals surface area (Å²) in [6.07, 6.45) is 4.69. The van der Waals surface area contributed by atoms with E-state index in [1.807, 2.05) is 13.0 Å². The quantitative estimate of drug-likeness (QED) is 0.558. The minimum absolute atomic E-state index is 0.290. The predicted octanol–water partition coefficient (Wildman–Crippen LogP) is 1.32. The maximum absolute atomic E-state index is 12.0. The maximum Gasteiger partial charge on any atom is 0.259 e. The second kappa shape index (κ2) is 5.24. The van der Waals surface area contributed by atoms with Crippen molar-refractivity contribution in [3.63, 3.8) is 0 Å². The largest absolute Gasteiger partial charge is 0.322 e. The Morgan fingerprint density at radius 1 is 1.28 bits per heavy atom. The highest BCUT2D eigenvalue weighted by Crippen LogP contribution is 2.14. The van der Waals surface area contributed by atoms with Crippen molar-refractivity contribution in [2.45, 2.75) is 6.92 Å². The van der Waals surface area contributed by atoms with Gasteiger partial charge in [-0.25, -0.2) is 4.98 Å². The molecule has 0 bridgehead atoms. The first-order valence-electron chi connectivity index (χ1n) is 5.35. The molecule has 0 saturated carbocycles. The van der Waals surface area contributed by atoms with Gasteiger partial charge >= 0.3 is 0 Å². The van der Waals surface area contributed by atoms with Gasteiger partial charge in [0.15, 0.2) is 0 Å². The second-order valence-electron chi connectivity index (χ2n) is 3.74. The van der Waals surface area contributed by atoms with Crippen molar-refractivity contribution in [1.82, 2.24) is 9.97 Å². The number of hydrogen-bond donors (Lipinski definition) is 3. The van der Waals surface area contributed by atoms with Gasteiger partial charge in [-0.05, 0) is 24.6 Å². The minimum atomic E-state index is -0.290. The number of amides is 1. The summed E-state index contributed by atoms with van der Waals surface area (Å²) >= 11 is 0. The van der Waals surface area contributed by atoms with Crippen LogP contribution in [-0.4, -0.2) is 15.9 Å². The first kappa shape index (κ1) is 12.0. The Morgan fingerprint density at radius 3 is 2.78 bits per heavy atom. The molecule has 2 rings (SSSR count). The van der Waals surface area contributed by atoms with Crippen molar-refractivity contribution in [1.29, 1.82) is 0 Å². The minimum Gasteiger partial charge on any atom is -0.322 e. The fourth-order valence-electron chi connectivity index (χ4n) is 1.43. The molecule has 0 aliphatic rings. The highest BCUT2D eigenvalue weighted by molar-refractivity contribution is 6.07. The van der Waals surface area contributed by atoms with Gasteiger partial charge < -0.3 is 10.7 Å². The summed E-state index contributed by atoms with van der Waals surface area (Å²) in [5.74, 6) is 5.52. The molecule has 0 atom stereocenters. The maximum atomic E-state index is 12.0. The summed E-state index contributed by atoms with van der Waals surface area (Å²) in [4.78, 5) is 20.0. The first-order valence-corrected chi connectivity index (χ1v) is 5.35. The Kier molecular flexibility index (Phi) is 3.49. The molecule has 2 aromatic heterocycles. The number of carbonyl (C=O) groups is 1. The van der Waals surface area contributed by atoms with E-state index in [-0.39, 0.29) is 5.91 Å². The summed E-state index contributed by atoms with van der Waals surface area (Å²) < 4.78 is 0. The Morgan fingerprint density at radius 2 is 2.11 bits per heavy atom. The molecule has 18 heavy (non-hydrogen) atoms. The molecule has 0 fully saturated rings. The lowest BCUT2D eigenvalue weighted by molar-refractivity contribution is 0.102. The van der Waals surface area contributed by atoms with Gasteiger partial charge in [0, 0.05) is 12.4 Å². The van der Waals surface area contributed by atoms with Crippen LogP contribution in [0.4, 0.5) is 11.5 Å². The number of aryl methyl sites for hydroxylation is 1. The van der Waals surface area contributed by atoms with Crippen LogP contribution in [0.15, 0.2) is 36.8 Å². The van der Waals surface area contributed by atoms with Crippen LogP contribution in [0.2, 0.25) is 0 Å². The van der Waals surface area contributed by atoms with Crippen LogP contribution in [-0.2, 0) is 0 Å². The van der Waals surface area contributed by atoms with E-state index in [9.17, 15) is 4.79 Å². The van der Waals surface area contributed by atoms with Crippen LogP contribution in [0.1, 0.15) is 15.9 Å². The van der Waals surface area contributed by atoms with Crippen LogP contribution < -0.4 is 16.6 Å². The van der Waals surface area contributed by atoms with Gasteiger partial charge in [-0.2, -0.15) is 0 Å². The number of aromatic nitrogens is 2. The fraction of sp³-hybridized carbons (Fsp3) is 0.0833. The molecule has 0 saturated heterocycles. The van der Waals surface area contributed by atoms with Crippen LogP contribution in [0.5, 0.6) is 0 Å². The van der Waals surface area contributed by atoms with Crippen molar-refractivity contribution in [3.05, 3.63) is 47.9 Å². The molecule has 6 nitrogen and oxygen atoms in total. The van der Waals surface area contributed by atoms with Crippen LogP contribution in [0, 0.1) is 6.92 Å². The number of pyridine rings is 2. The molecule has 0 aliphatic carbocycles. The standard InChI is InChI=1S/C12H13N5O/c1-8-2-3-11(15-6-8)16-12(18)9-4-5-14-7-10(9)17-13/h2-7,17H,13H2,1H3,(H,15,16,18). The first-order chi connectivity index (χ1) is 8.70. The van der Waals surface area contributed by atoms with Crippen molar-refractivity contribution in [2.24, 2.45) is 5.84 Å². The molecule has 0 aliphatic heterocycles. The summed E-state index contributed by atoms with van der Waals surface area (Å²) in [5.41, 5.74) is 4.33. The molecular weight excluding hydrogens is 230 g/mol. The smallest absolute Gasteiger partial charge is 0.259 e. The SMILES string of the molecule is Cc1ccc(NC(=O)c2ccncc2NN)nc1. The number of hydrazine groups is 1. The van der Waals surface area contributed by atoms with Crippen molar-refractivity contribution >= 4 is 17.4 Å². The van der Waals surface area contributed by atoms with Crippen LogP contribution in [0.3, 0.4) is 0 Å². The summed E-state index contributed by atoms with van der Waals surface area (Å²) in [6, 6.07) is 5.19. The zero-order chi connectivity index (χ0) is 13.0. The van der Waals surface area contributed by atoms with Crippen LogP contribution in [0.25, 0.3) is 0 Å². The molecule has 0 unspecified atom stereocenters. The average Bonchev–Trinajstić information content (AvgIpc) is 2.41. The molecular formula is C12H13N5O. The van der Waals surface area contributed by atoms with E-state index in [2.05, 4.69) is 20.7 Å². The molecule has 0 aromatic carbocycles. The number of rotatable bonds is 3. The summed E-state index contributed by atoms with van der Waals surface area (Å²) in [6.45, 7) is 1.93. The van der Waals surface area contributed by atoms with Gasteiger partial charge in [0.2, 0.25) is 0 Å². The summed E-state index contributed by atoms with van der Waals surface area (Å²) in [5, 5.41) is 2.69. The van der Waals surface area contributed by atoms with Crippen molar-refractivity contribution in [2.75, 3.05) is 10.7 Å². The van der Waals surface area contributed by atoms with Gasteiger partial charge in [0.05, 0.1) is 17.4 Å². The van der Waals surface area contributed by atoms with E-state index in [0.717, 1.165) is 5.56 Å². The number of nitrogens with two attached hydrogens (primary N) is 1.